The molecule has 1 aromatic rings. The van der Waals surface area contributed by atoms with Crippen LogP contribution in [0.1, 0.15) is 30.0 Å². The van der Waals surface area contributed by atoms with E-state index in [9.17, 15) is 5.11 Å². The summed E-state index contributed by atoms with van der Waals surface area (Å²) in [6.45, 7) is 4.49. The summed E-state index contributed by atoms with van der Waals surface area (Å²) < 4.78 is 0. The molecule has 0 heterocycles. The molecule has 15 heavy (non-hydrogen) atoms. The molecule has 0 radical (unpaired) electrons. The summed E-state index contributed by atoms with van der Waals surface area (Å²) in [5, 5.41) is 10.6. The lowest BCUT2D eigenvalue weighted by atomic mass is 9.71. The van der Waals surface area contributed by atoms with Crippen molar-refractivity contribution in [1.82, 2.24) is 0 Å². The molecule has 2 heteroatoms. The third kappa shape index (κ3) is 1.48. The van der Waals surface area contributed by atoms with Crippen molar-refractivity contribution >= 4 is 0 Å². The van der Waals surface area contributed by atoms with Gasteiger partial charge in [0.25, 0.3) is 0 Å². The van der Waals surface area contributed by atoms with Crippen molar-refractivity contribution in [3.05, 3.63) is 34.9 Å². The van der Waals surface area contributed by atoms with E-state index in [1.54, 1.807) is 0 Å². The summed E-state index contributed by atoms with van der Waals surface area (Å²) in [5.74, 6) is 0.247. The zero-order chi connectivity index (χ0) is 11.1. The topological polar surface area (TPSA) is 46.2 Å². The minimum Gasteiger partial charge on any atom is -0.384 e. The Hall–Kier alpha value is -0.860. The number of aliphatic hydroxyl groups is 1. The summed E-state index contributed by atoms with van der Waals surface area (Å²) in [5.41, 5.74) is 8.53. The van der Waals surface area contributed by atoms with Crippen molar-refractivity contribution < 1.29 is 5.11 Å². The van der Waals surface area contributed by atoms with Crippen molar-refractivity contribution in [1.29, 1.82) is 0 Å². The molecule has 2 atom stereocenters. The van der Waals surface area contributed by atoms with E-state index in [4.69, 9.17) is 5.73 Å². The minimum absolute atomic E-state index is 0.247. The highest BCUT2D eigenvalue weighted by molar-refractivity contribution is 5.41. The maximum absolute atomic E-state index is 10.6. The average Bonchev–Trinajstić information content (AvgIpc) is 2.24. The zero-order valence-electron chi connectivity index (χ0n) is 9.46. The molecule has 0 bridgehead atoms. The highest BCUT2D eigenvalue weighted by Crippen LogP contribution is 2.39. The maximum Gasteiger partial charge on any atom is 0.105 e. The summed E-state index contributed by atoms with van der Waals surface area (Å²) in [7, 11) is 0. The molecule has 0 amide bonds. The first kappa shape index (κ1) is 10.7. The van der Waals surface area contributed by atoms with Crippen molar-refractivity contribution in [2.75, 3.05) is 6.54 Å². The lowest BCUT2D eigenvalue weighted by Gasteiger charge is -2.39. The molecule has 0 fully saturated rings. The van der Waals surface area contributed by atoms with E-state index in [0.29, 0.717) is 6.54 Å². The van der Waals surface area contributed by atoms with Crippen LogP contribution in [0.25, 0.3) is 0 Å². The van der Waals surface area contributed by atoms with Crippen LogP contribution in [0.3, 0.4) is 0 Å². The first-order valence-electron chi connectivity index (χ1n) is 5.61. The van der Waals surface area contributed by atoms with Gasteiger partial charge in [-0.3, -0.25) is 0 Å². The molecule has 0 aliphatic heterocycles. The van der Waals surface area contributed by atoms with Gasteiger partial charge in [-0.25, -0.2) is 0 Å². The Morgan fingerprint density at radius 3 is 2.93 bits per heavy atom. The standard InChI is InChI=1S/C13H19NO/c1-9-4-3-5-12-11(9)7-6-10(2)13(12,15)8-14/h3-5,10,15H,6-8,14H2,1-2H3. The van der Waals surface area contributed by atoms with Gasteiger partial charge in [-0.1, -0.05) is 25.1 Å². The summed E-state index contributed by atoms with van der Waals surface area (Å²) in [6, 6.07) is 6.13. The van der Waals surface area contributed by atoms with E-state index in [0.717, 1.165) is 18.4 Å². The normalized spacial score (nSPS) is 30.0. The van der Waals surface area contributed by atoms with Gasteiger partial charge in [0.15, 0.2) is 0 Å². The van der Waals surface area contributed by atoms with Crippen LogP contribution in [0.2, 0.25) is 0 Å². The number of rotatable bonds is 1. The van der Waals surface area contributed by atoms with E-state index in [2.05, 4.69) is 19.9 Å². The van der Waals surface area contributed by atoms with Crippen LogP contribution < -0.4 is 5.73 Å². The third-order valence-electron chi connectivity index (χ3n) is 3.83. The Morgan fingerprint density at radius 1 is 1.53 bits per heavy atom. The van der Waals surface area contributed by atoms with Crippen molar-refractivity contribution in [3.63, 3.8) is 0 Å². The van der Waals surface area contributed by atoms with Gasteiger partial charge in [0.05, 0.1) is 0 Å². The smallest absolute Gasteiger partial charge is 0.105 e. The molecule has 1 aliphatic rings. The van der Waals surface area contributed by atoms with E-state index in [-0.39, 0.29) is 5.92 Å². The monoisotopic (exact) mass is 205 g/mol. The van der Waals surface area contributed by atoms with Crippen LogP contribution in [0.5, 0.6) is 0 Å². The molecule has 2 nitrogen and oxygen atoms in total. The van der Waals surface area contributed by atoms with Gasteiger partial charge in [-0.2, -0.15) is 0 Å². The molecule has 0 saturated carbocycles. The summed E-state index contributed by atoms with van der Waals surface area (Å²) >= 11 is 0. The quantitative estimate of drug-likeness (QED) is 0.733. The van der Waals surface area contributed by atoms with Gasteiger partial charge in [-0.05, 0) is 42.4 Å². The zero-order valence-corrected chi connectivity index (χ0v) is 9.46. The molecule has 2 unspecified atom stereocenters. The molecular weight excluding hydrogens is 186 g/mol. The second kappa shape index (κ2) is 3.62. The second-order valence-corrected chi connectivity index (χ2v) is 4.67. The Kier molecular flexibility index (Phi) is 2.57. The highest BCUT2D eigenvalue weighted by atomic mass is 16.3. The lowest BCUT2D eigenvalue weighted by molar-refractivity contribution is -0.0191. The fourth-order valence-electron chi connectivity index (χ4n) is 2.62. The van der Waals surface area contributed by atoms with Gasteiger partial charge in [0.2, 0.25) is 0 Å². The third-order valence-corrected chi connectivity index (χ3v) is 3.83. The largest absolute Gasteiger partial charge is 0.384 e. The number of aryl methyl sites for hydroxylation is 1. The number of hydrogen-bond acceptors (Lipinski definition) is 2. The predicted octanol–water partition coefficient (Wildman–Crippen LogP) is 1.72. The van der Waals surface area contributed by atoms with Gasteiger partial charge in [0, 0.05) is 6.54 Å². The maximum atomic E-state index is 10.6. The molecule has 0 saturated heterocycles. The van der Waals surface area contributed by atoms with Crippen molar-refractivity contribution in [3.8, 4) is 0 Å². The first-order chi connectivity index (χ1) is 7.09. The molecule has 1 aliphatic carbocycles. The van der Waals surface area contributed by atoms with Crippen LogP contribution in [-0.4, -0.2) is 11.7 Å². The van der Waals surface area contributed by atoms with Gasteiger partial charge in [0.1, 0.15) is 5.60 Å². The van der Waals surface area contributed by atoms with E-state index >= 15 is 0 Å². The molecular formula is C13H19NO. The number of benzene rings is 1. The minimum atomic E-state index is -0.820. The molecule has 0 aromatic heterocycles. The predicted molar refractivity (Wildman–Crippen MR) is 61.6 cm³/mol. The molecule has 82 valence electrons. The average molecular weight is 205 g/mol. The van der Waals surface area contributed by atoms with Crippen LogP contribution >= 0.6 is 0 Å². The first-order valence-corrected chi connectivity index (χ1v) is 5.61. The summed E-state index contributed by atoms with van der Waals surface area (Å²) in [4.78, 5) is 0. The van der Waals surface area contributed by atoms with Gasteiger partial charge in [-0.15, -0.1) is 0 Å². The number of hydrogen-bond donors (Lipinski definition) is 2. The van der Waals surface area contributed by atoms with Crippen LogP contribution in [0.4, 0.5) is 0 Å². The SMILES string of the molecule is Cc1cccc2c1CCC(C)C2(O)CN. The molecule has 0 spiro atoms. The fraction of sp³-hybridized carbons (Fsp3) is 0.538. The summed E-state index contributed by atoms with van der Waals surface area (Å²) in [6.07, 6.45) is 2.08. The molecule has 2 rings (SSSR count). The van der Waals surface area contributed by atoms with Crippen molar-refractivity contribution in [2.24, 2.45) is 11.7 Å². The highest BCUT2D eigenvalue weighted by Gasteiger charge is 2.39. The number of nitrogens with two attached hydrogens (primary N) is 1. The van der Waals surface area contributed by atoms with Crippen molar-refractivity contribution in [2.45, 2.75) is 32.3 Å². The lowest BCUT2D eigenvalue weighted by Crippen LogP contribution is -2.44. The Labute approximate surface area is 91.1 Å². The Balaban J connectivity index is 2.58. The van der Waals surface area contributed by atoms with Crippen LogP contribution in [-0.2, 0) is 12.0 Å². The fourth-order valence-corrected chi connectivity index (χ4v) is 2.62. The Morgan fingerprint density at radius 2 is 2.27 bits per heavy atom. The van der Waals surface area contributed by atoms with E-state index < -0.39 is 5.60 Å². The molecule has 3 N–H and O–H groups in total. The van der Waals surface area contributed by atoms with E-state index in [1.807, 2.05) is 12.1 Å². The van der Waals surface area contributed by atoms with Gasteiger partial charge >= 0.3 is 0 Å². The van der Waals surface area contributed by atoms with E-state index in [1.165, 1.54) is 11.1 Å². The Bertz CT molecular complexity index is 375. The van der Waals surface area contributed by atoms with Gasteiger partial charge < -0.3 is 10.8 Å². The number of fused-ring (bicyclic) bond motifs is 1. The van der Waals surface area contributed by atoms with Crippen LogP contribution in [0.15, 0.2) is 18.2 Å². The van der Waals surface area contributed by atoms with Crippen LogP contribution in [0, 0.1) is 12.8 Å². The molecule has 1 aromatic carbocycles. The second-order valence-electron chi connectivity index (χ2n) is 4.67.